The van der Waals surface area contributed by atoms with Crippen LogP contribution < -0.4 is 14.2 Å². The molecule has 0 fully saturated rings. The lowest BCUT2D eigenvalue weighted by atomic mass is 10.2. The number of anilines is 1. The Labute approximate surface area is 207 Å². The Morgan fingerprint density at radius 2 is 1.75 bits per heavy atom. The molecule has 36 heavy (non-hydrogen) atoms. The maximum Gasteiger partial charge on any atom is 0.243 e. The van der Waals surface area contributed by atoms with Crippen LogP contribution in [0, 0.1) is 12.7 Å². The van der Waals surface area contributed by atoms with E-state index < -0.39 is 21.1 Å². The molecule has 4 rings (SSSR count). The highest BCUT2D eigenvalue weighted by Gasteiger charge is 2.30. The summed E-state index contributed by atoms with van der Waals surface area (Å²) in [6.45, 7) is 3.50. The van der Waals surface area contributed by atoms with E-state index in [9.17, 15) is 12.8 Å². The third-order valence-corrected chi connectivity index (χ3v) is 7.31. The molecule has 1 atom stereocenters. The van der Waals surface area contributed by atoms with E-state index in [2.05, 4.69) is 24.9 Å². The zero-order chi connectivity index (χ0) is 25.9. The molecule has 11 nitrogen and oxygen atoms in total. The first-order valence-electron chi connectivity index (χ1n) is 11.0. The predicted molar refractivity (Wildman–Crippen MR) is 129 cm³/mol. The van der Waals surface area contributed by atoms with Gasteiger partial charge in [0.25, 0.3) is 0 Å². The second kappa shape index (κ2) is 10.3. The Balaban J connectivity index is 1.81. The number of ether oxygens (including phenoxy) is 2. The van der Waals surface area contributed by atoms with E-state index in [1.807, 2.05) is 0 Å². The standard InChI is InChI=1S/C23H25FN6O5S/c1-5-16(11-20-25-12-15(24)13-26-20)36(31,32)29-23-28-27-22(19-10-9-14(2)35-19)30(23)21-17(33-3)7-6-8-18(21)34-4/h6-10,12-13,16H,5,11H2,1-4H3,(H,28,29). The average molecular weight is 517 g/mol. The zero-order valence-corrected chi connectivity index (χ0v) is 20.9. The Morgan fingerprint density at radius 3 is 2.31 bits per heavy atom. The van der Waals surface area contributed by atoms with E-state index in [1.54, 1.807) is 44.2 Å². The van der Waals surface area contributed by atoms with E-state index >= 15 is 0 Å². The van der Waals surface area contributed by atoms with Gasteiger partial charge in [0.1, 0.15) is 28.8 Å². The first kappa shape index (κ1) is 25.1. The molecule has 190 valence electrons. The Hall–Kier alpha value is -4.00. The minimum absolute atomic E-state index is 0.0253. The van der Waals surface area contributed by atoms with Gasteiger partial charge in [-0.2, -0.15) is 0 Å². The molecule has 0 amide bonds. The second-order valence-corrected chi connectivity index (χ2v) is 9.76. The zero-order valence-electron chi connectivity index (χ0n) is 20.1. The fourth-order valence-electron chi connectivity index (χ4n) is 3.66. The molecule has 1 aromatic carbocycles. The van der Waals surface area contributed by atoms with Crippen molar-refractivity contribution in [3.63, 3.8) is 0 Å². The Kier molecular flexibility index (Phi) is 7.20. The van der Waals surface area contributed by atoms with Crippen LogP contribution in [-0.4, -0.2) is 52.6 Å². The molecule has 1 unspecified atom stereocenters. The number of furan rings is 1. The van der Waals surface area contributed by atoms with Crippen LogP contribution in [0.25, 0.3) is 17.3 Å². The van der Waals surface area contributed by atoms with Crippen LogP contribution in [0.3, 0.4) is 0 Å². The lowest BCUT2D eigenvalue weighted by Crippen LogP contribution is -2.31. The first-order valence-corrected chi connectivity index (χ1v) is 12.5. The molecule has 0 spiro atoms. The Bertz CT molecular complexity index is 1430. The quantitative estimate of drug-likeness (QED) is 0.336. The highest BCUT2D eigenvalue weighted by Crippen LogP contribution is 2.38. The molecule has 0 aliphatic rings. The normalized spacial score (nSPS) is 12.4. The number of halogens is 1. The van der Waals surface area contributed by atoms with Crippen molar-refractivity contribution in [2.24, 2.45) is 0 Å². The maximum atomic E-state index is 13.4. The molecule has 3 aromatic heterocycles. The van der Waals surface area contributed by atoms with Crippen molar-refractivity contribution in [3.05, 3.63) is 60.1 Å². The van der Waals surface area contributed by atoms with Crippen LogP contribution in [0.2, 0.25) is 0 Å². The van der Waals surface area contributed by atoms with Crippen LogP contribution in [0.4, 0.5) is 10.3 Å². The molecular weight excluding hydrogens is 491 g/mol. The van der Waals surface area contributed by atoms with E-state index in [0.29, 0.717) is 28.7 Å². The van der Waals surface area contributed by atoms with Gasteiger partial charge >= 0.3 is 0 Å². The van der Waals surface area contributed by atoms with Gasteiger partial charge in [0.2, 0.25) is 21.8 Å². The Morgan fingerprint density at radius 1 is 1.08 bits per heavy atom. The smallest absolute Gasteiger partial charge is 0.243 e. The topological polar surface area (TPSA) is 134 Å². The number of para-hydroxylation sites is 1. The van der Waals surface area contributed by atoms with E-state index in [4.69, 9.17) is 13.9 Å². The third kappa shape index (κ3) is 5.00. The number of hydrogen-bond donors (Lipinski definition) is 1. The monoisotopic (exact) mass is 516 g/mol. The highest BCUT2D eigenvalue weighted by molar-refractivity contribution is 7.93. The number of aromatic nitrogens is 5. The molecule has 0 radical (unpaired) electrons. The third-order valence-electron chi connectivity index (χ3n) is 5.46. The summed E-state index contributed by atoms with van der Waals surface area (Å²) in [6.07, 6.45) is 2.21. The summed E-state index contributed by atoms with van der Waals surface area (Å²) in [6, 6.07) is 8.61. The van der Waals surface area contributed by atoms with Gasteiger partial charge in [0, 0.05) is 6.42 Å². The van der Waals surface area contributed by atoms with Crippen molar-refractivity contribution >= 4 is 16.0 Å². The van der Waals surface area contributed by atoms with Crippen molar-refractivity contribution in [3.8, 4) is 28.8 Å². The molecule has 1 N–H and O–H groups in total. The number of benzene rings is 1. The van der Waals surface area contributed by atoms with Crippen LogP contribution in [-0.2, 0) is 16.4 Å². The molecule has 0 saturated heterocycles. The lowest BCUT2D eigenvalue weighted by molar-refractivity contribution is 0.391. The van der Waals surface area contributed by atoms with E-state index in [1.165, 1.54) is 18.8 Å². The van der Waals surface area contributed by atoms with Gasteiger partial charge in [-0.1, -0.05) is 13.0 Å². The van der Waals surface area contributed by atoms with E-state index in [0.717, 1.165) is 12.4 Å². The van der Waals surface area contributed by atoms with Crippen molar-refractivity contribution < 1.29 is 26.7 Å². The fraction of sp³-hybridized carbons (Fsp3) is 0.304. The van der Waals surface area contributed by atoms with Crippen molar-refractivity contribution in [2.75, 3.05) is 18.9 Å². The number of aryl methyl sites for hydroxylation is 1. The van der Waals surface area contributed by atoms with Crippen LogP contribution >= 0.6 is 0 Å². The molecule has 0 aliphatic heterocycles. The van der Waals surface area contributed by atoms with Crippen LogP contribution in [0.15, 0.2) is 47.1 Å². The minimum atomic E-state index is -4.03. The summed E-state index contributed by atoms with van der Waals surface area (Å²) in [4.78, 5) is 7.77. The van der Waals surface area contributed by atoms with Crippen molar-refractivity contribution in [2.45, 2.75) is 31.9 Å². The van der Waals surface area contributed by atoms with Gasteiger partial charge in [-0.3, -0.25) is 9.29 Å². The van der Waals surface area contributed by atoms with Gasteiger partial charge < -0.3 is 13.9 Å². The summed E-state index contributed by atoms with van der Waals surface area (Å²) in [5.74, 6) is 1.53. The molecule has 0 aliphatic carbocycles. The van der Waals surface area contributed by atoms with Gasteiger partial charge in [0.05, 0.1) is 31.9 Å². The maximum absolute atomic E-state index is 13.4. The second-order valence-electron chi connectivity index (χ2n) is 7.80. The van der Waals surface area contributed by atoms with Gasteiger partial charge in [-0.15, -0.1) is 10.2 Å². The number of nitrogens with one attached hydrogen (secondary N) is 1. The SMILES string of the molecule is CCC(Cc1ncc(F)cn1)S(=O)(=O)Nc1nnc(-c2ccc(C)o2)n1-c1c(OC)cccc1OC. The van der Waals surface area contributed by atoms with Crippen molar-refractivity contribution in [1.29, 1.82) is 0 Å². The summed E-state index contributed by atoms with van der Waals surface area (Å²) in [5.41, 5.74) is 0.379. The van der Waals surface area contributed by atoms with Crippen molar-refractivity contribution in [1.82, 2.24) is 24.7 Å². The number of hydrogen-bond acceptors (Lipinski definition) is 9. The fourth-order valence-corrected chi connectivity index (χ4v) is 5.02. The van der Waals surface area contributed by atoms with Crippen LogP contribution in [0.1, 0.15) is 24.9 Å². The van der Waals surface area contributed by atoms with Gasteiger partial charge in [-0.25, -0.2) is 22.8 Å². The largest absolute Gasteiger partial charge is 0.494 e. The number of rotatable bonds is 10. The summed E-state index contributed by atoms with van der Waals surface area (Å²) in [5, 5.41) is 7.40. The molecule has 4 aromatic rings. The van der Waals surface area contributed by atoms with E-state index in [-0.39, 0.29) is 30.4 Å². The molecular formula is C23H25FN6O5S. The summed E-state index contributed by atoms with van der Waals surface area (Å²) >= 11 is 0. The summed E-state index contributed by atoms with van der Waals surface area (Å²) in [7, 11) is -1.06. The average Bonchev–Trinajstić information content (AvgIpc) is 3.48. The molecule has 13 heteroatoms. The van der Waals surface area contributed by atoms with Gasteiger partial charge in [-0.05, 0) is 37.6 Å². The molecule has 0 bridgehead atoms. The van der Waals surface area contributed by atoms with Gasteiger partial charge in [0.15, 0.2) is 11.6 Å². The minimum Gasteiger partial charge on any atom is -0.494 e. The van der Waals surface area contributed by atoms with Crippen LogP contribution in [0.5, 0.6) is 11.5 Å². The number of sulfonamides is 1. The molecule has 0 saturated carbocycles. The lowest BCUT2D eigenvalue weighted by Gasteiger charge is -2.19. The molecule has 3 heterocycles. The highest BCUT2D eigenvalue weighted by atomic mass is 32.2. The summed E-state index contributed by atoms with van der Waals surface area (Å²) < 4.78 is 60.9. The first-order chi connectivity index (χ1) is 17.3. The number of methoxy groups -OCH3 is 2. The number of nitrogens with zero attached hydrogens (tertiary/aromatic N) is 5. The predicted octanol–water partition coefficient (Wildman–Crippen LogP) is 3.55.